The Morgan fingerprint density at radius 3 is 2.83 bits per heavy atom. The van der Waals surface area contributed by atoms with E-state index in [1.54, 1.807) is 0 Å². The van der Waals surface area contributed by atoms with Gasteiger partial charge in [-0.1, -0.05) is 18.2 Å². The predicted octanol–water partition coefficient (Wildman–Crippen LogP) is 1.62. The summed E-state index contributed by atoms with van der Waals surface area (Å²) in [6, 6.07) is 7.89. The third kappa shape index (κ3) is 4.44. The second-order valence-electron chi connectivity index (χ2n) is 6.61. The molecule has 2 aliphatic rings. The second kappa shape index (κ2) is 7.62. The molecule has 0 radical (unpaired) electrons. The molecule has 1 aromatic carbocycles. The molecule has 3 rings (SSSR count). The first kappa shape index (κ1) is 16.7. The van der Waals surface area contributed by atoms with E-state index >= 15 is 0 Å². The van der Waals surface area contributed by atoms with Gasteiger partial charge in [0.1, 0.15) is 18.5 Å². The van der Waals surface area contributed by atoms with Crippen LogP contribution in [0.5, 0.6) is 5.75 Å². The number of rotatable bonds is 5. The van der Waals surface area contributed by atoms with E-state index < -0.39 is 6.10 Å². The number of morpholine rings is 1. The van der Waals surface area contributed by atoms with Crippen molar-refractivity contribution in [1.29, 1.82) is 0 Å². The Hall–Kier alpha value is -1.14. The standard InChI is InChI=1S/C18H27NO4/c1-15-4-2-3-5-17(15)22-13-16(20)12-19-8-11-23-18(14-19)6-9-21-10-7-18/h2-5,16,20H,6-14H2,1H3. The highest BCUT2D eigenvalue weighted by Gasteiger charge is 2.38. The van der Waals surface area contributed by atoms with Crippen molar-refractivity contribution >= 4 is 0 Å². The molecule has 0 saturated carbocycles. The minimum Gasteiger partial charge on any atom is -0.491 e. The maximum absolute atomic E-state index is 10.3. The quantitative estimate of drug-likeness (QED) is 0.893. The number of aliphatic hydroxyl groups excluding tert-OH is 1. The van der Waals surface area contributed by atoms with Gasteiger partial charge in [-0.3, -0.25) is 4.90 Å². The summed E-state index contributed by atoms with van der Waals surface area (Å²) >= 11 is 0. The molecule has 5 heteroatoms. The van der Waals surface area contributed by atoms with E-state index in [0.717, 1.165) is 57.1 Å². The smallest absolute Gasteiger partial charge is 0.122 e. The van der Waals surface area contributed by atoms with Gasteiger partial charge in [-0.2, -0.15) is 0 Å². The number of ether oxygens (including phenoxy) is 3. The van der Waals surface area contributed by atoms with Gasteiger partial charge in [0.05, 0.1) is 12.2 Å². The lowest BCUT2D eigenvalue weighted by molar-refractivity contribution is -0.157. The zero-order valence-corrected chi connectivity index (χ0v) is 13.9. The monoisotopic (exact) mass is 321 g/mol. The molecule has 2 aliphatic heterocycles. The van der Waals surface area contributed by atoms with Gasteiger partial charge in [0, 0.05) is 45.7 Å². The average molecular weight is 321 g/mol. The van der Waals surface area contributed by atoms with Crippen molar-refractivity contribution < 1.29 is 19.3 Å². The van der Waals surface area contributed by atoms with Gasteiger partial charge in [-0.15, -0.1) is 0 Å². The van der Waals surface area contributed by atoms with Crippen molar-refractivity contribution in [3.63, 3.8) is 0 Å². The first-order chi connectivity index (χ1) is 11.2. The Labute approximate surface area is 138 Å². The molecule has 2 heterocycles. The summed E-state index contributed by atoms with van der Waals surface area (Å²) in [6.07, 6.45) is 1.39. The number of aliphatic hydroxyl groups is 1. The van der Waals surface area contributed by atoms with Crippen LogP contribution in [0.3, 0.4) is 0 Å². The van der Waals surface area contributed by atoms with Crippen molar-refractivity contribution in [2.45, 2.75) is 31.5 Å². The van der Waals surface area contributed by atoms with Gasteiger partial charge in [0.15, 0.2) is 0 Å². The number of hydrogen-bond donors (Lipinski definition) is 1. The molecule has 0 bridgehead atoms. The van der Waals surface area contributed by atoms with Crippen LogP contribution in [0.4, 0.5) is 0 Å². The summed E-state index contributed by atoms with van der Waals surface area (Å²) in [6.45, 7) is 6.96. The number of β-amino-alcohol motifs (C(OH)–C–C–N with tert-alkyl or cyclic N) is 1. The van der Waals surface area contributed by atoms with Gasteiger partial charge in [0.25, 0.3) is 0 Å². The van der Waals surface area contributed by atoms with Crippen LogP contribution >= 0.6 is 0 Å². The Morgan fingerprint density at radius 1 is 1.26 bits per heavy atom. The van der Waals surface area contributed by atoms with Gasteiger partial charge in [-0.25, -0.2) is 0 Å². The van der Waals surface area contributed by atoms with Crippen molar-refractivity contribution in [2.24, 2.45) is 0 Å². The molecule has 1 atom stereocenters. The van der Waals surface area contributed by atoms with Crippen LogP contribution in [0.1, 0.15) is 18.4 Å². The number of hydrogen-bond acceptors (Lipinski definition) is 5. The Kier molecular flexibility index (Phi) is 5.54. The Balaban J connectivity index is 1.47. The van der Waals surface area contributed by atoms with Crippen LogP contribution in [0, 0.1) is 6.92 Å². The normalized spacial score (nSPS) is 22.9. The lowest BCUT2D eigenvalue weighted by Gasteiger charge is -2.45. The summed E-state index contributed by atoms with van der Waals surface area (Å²) in [4.78, 5) is 2.29. The summed E-state index contributed by atoms with van der Waals surface area (Å²) in [5.41, 5.74) is 1.01. The highest BCUT2D eigenvalue weighted by atomic mass is 16.5. The van der Waals surface area contributed by atoms with E-state index in [1.165, 1.54) is 0 Å². The molecule has 128 valence electrons. The van der Waals surface area contributed by atoms with Crippen LogP contribution in [0.2, 0.25) is 0 Å². The third-order valence-electron chi connectivity index (χ3n) is 4.73. The van der Waals surface area contributed by atoms with Crippen molar-refractivity contribution in [3.8, 4) is 5.75 Å². The van der Waals surface area contributed by atoms with E-state index in [0.29, 0.717) is 13.2 Å². The lowest BCUT2D eigenvalue weighted by Crippen LogP contribution is -2.55. The maximum Gasteiger partial charge on any atom is 0.122 e. The van der Waals surface area contributed by atoms with Crippen LogP contribution in [-0.2, 0) is 9.47 Å². The highest BCUT2D eigenvalue weighted by Crippen LogP contribution is 2.29. The van der Waals surface area contributed by atoms with E-state index in [4.69, 9.17) is 14.2 Å². The molecule has 1 N–H and O–H groups in total. The van der Waals surface area contributed by atoms with E-state index in [9.17, 15) is 5.11 Å². The number of nitrogens with zero attached hydrogens (tertiary/aromatic N) is 1. The molecule has 0 amide bonds. The fourth-order valence-corrected chi connectivity index (χ4v) is 3.38. The van der Waals surface area contributed by atoms with E-state index in [2.05, 4.69) is 4.90 Å². The minimum atomic E-state index is -0.496. The summed E-state index contributed by atoms with van der Waals surface area (Å²) in [7, 11) is 0. The van der Waals surface area contributed by atoms with Crippen molar-refractivity contribution in [2.75, 3.05) is 46.1 Å². The molecule has 2 saturated heterocycles. The molecular weight excluding hydrogens is 294 g/mol. The van der Waals surface area contributed by atoms with Crippen LogP contribution in [0.25, 0.3) is 0 Å². The number of benzene rings is 1. The van der Waals surface area contributed by atoms with Crippen LogP contribution < -0.4 is 4.74 Å². The van der Waals surface area contributed by atoms with Gasteiger partial charge < -0.3 is 19.3 Å². The van der Waals surface area contributed by atoms with Crippen LogP contribution in [0.15, 0.2) is 24.3 Å². The van der Waals surface area contributed by atoms with Crippen molar-refractivity contribution in [1.82, 2.24) is 4.90 Å². The molecule has 0 aromatic heterocycles. The molecule has 0 aliphatic carbocycles. The van der Waals surface area contributed by atoms with E-state index in [-0.39, 0.29) is 5.60 Å². The molecular formula is C18H27NO4. The fraction of sp³-hybridized carbons (Fsp3) is 0.667. The molecule has 1 aromatic rings. The zero-order chi connectivity index (χ0) is 16.1. The summed E-state index contributed by atoms with van der Waals surface area (Å²) in [5.74, 6) is 0.842. The first-order valence-electron chi connectivity index (χ1n) is 8.47. The van der Waals surface area contributed by atoms with Crippen molar-refractivity contribution in [3.05, 3.63) is 29.8 Å². The summed E-state index contributed by atoms with van der Waals surface area (Å²) < 4.78 is 17.2. The molecule has 23 heavy (non-hydrogen) atoms. The topological polar surface area (TPSA) is 51.2 Å². The Morgan fingerprint density at radius 2 is 2.04 bits per heavy atom. The minimum absolute atomic E-state index is 0.0763. The van der Waals surface area contributed by atoms with Gasteiger partial charge >= 0.3 is 0 Å². The summed E-state index contributed by atoms with van der Waals surface area (Å²) in [5, 5.41) is 10.3. The predicted molar refractivity (Wildman–Crippen MR) is 87.9 cm³/mol. The maximum atomic E-state index is 10.3. The van der Waals surface area contributed by atoms with Gasteiger partial charge in [0.2, 0.25) is 0 Å². The fourth-order valence-electron chi connectivity index (χ4n) is 3.38. The molecule has 5 nitrogen and oxygen atoms in total. The first-order valence-corrected chi connectivity index (χ1v) is 8.47. The molecule has 2 fully saturated rings. The molecule has 1 unspecified atom stereocenters. The third-order valence-corrected chi connectivity index (χ3v) is 4.73. The van der Waals surface area contributed by atoms with E-state index in [1.807, 2.05) is 31.2 Å². The Bertz CT molecular complexity index is 496. The van der Waals surface area contributed by atoms with Crippen LogP contribution in [-0.4, -0.2) is 67.8 Å². The largest absolute Gasteiger partial charge is 0.491 e. The number of para-hydroxylation sites is 1. The lowest BCUT2D eigenvalue weighted by atomic mass is 9.92. The second-order valence-corrected chi connectivity index (χ2v) is 6.61. The highest BCUT2D eigenvalue weighted by molar-refractivity contribution is 5.31. The SMILES string of the molecule is Cc1ccccc1OCC(O)CN1CCOC2(CCOCC2)C1. The number of aryl methyl sites for hydroxylation is 1. The average Bonchev–Trinajstić information content (AvgIpc) is 2.55. The zero-order valence-electron chi connectivity index (χ0n) is 13.9. The van der Waals surface area contributed by atoms with Gasteiger partial charge in [-0.05, 0) is 18.6 Å². The molecule has 1 spiro atoms.